The number of primary amides is 1. The van der Waals surface area contributed by atoms with Crippen LogP contribution in [-0.2, 0) is 72.0 Å². The van der Waals surface area contributed by atoms with Crippen molar-refractivity contribution < 1.29 is 63.0 Å². The summed E-state index contributed by atoms with van der Waals surface area (Å²) < 4.78 is 0. The zero-order valence-corrected chi connectivity index (χ0v) is 52.2. The lowest BCUT2D eigenvalue weighted by Gasteiger charge is -2.33. The van der Waals surface area contributed by atoms with E-state index in [9.17, 15) is 63.0 Å². The zero-order valence-electron chi connectivity index (χ0n) is 52.2. The van der Waals surface area contributed by atoms with E-state index in [4.69, 9.17) is 11.5 Å². The molecule has 2 fully saturated rings. The molecule has 25 heteroatoms. The molecule has 2 aliphatic heterocycles. The molecule has 89 heavy (non-hydrogen) atoms. The molecule has 2 saturated heterocycles. The van der Waals surface area contributed by atoms with E-state index in [1.54, 1.807) is 102 Å². The summed E-state index contributed by atoms with van der Waals surface area (Å²) in [5.74, 6) is -11.4. The highest BCUT2D eigenvalue weighted by atomic mass is 16.3. The van der Waals surface area contributed by atoms with E-state index in [1.807, 2.05) is 13.8 Å². The Morgan fingerprint density at radius 2 is 0.921 bits per heavy atom. The Morgan fingerprint density at radius 1 is 0.517 bits per heavy atom. The van der Waals surface area contributed by atoms with Crippen LogP contribution >= 0.6 is 0 Å². The van der Waals surface area contributed by atoms with Crippen molar-refractivity contribution in [3.63, 3.8) is 0 Å². The average Bonchev–Trinajstić information content (AvgIpc) is 2.89. The molecule has 0 aromatic heterocycles. The summed E-state index contributed by atoms with van der Waals surface area (Å²) in [5.41, 5.74) is 13.2. The van der Waals surface area contributed by atoms with Crippen LogP contribution in [0.4, 0.5) is 0 Å². The number of nitrogens with one attached hydrogen (secondary N) is 9. The Morgan fingerprint density at radius 3 is 1.42 bits per heavy atom. The summed E-state index contributed by atoms with van der Waals surface area (Å²) in [6, 6.07) is 9.20. The van der Waals surface area contributed by atoms with Gasteiger partial charge in [-0.2, -0.15) is 0 Å². The van der Waals surface area contributed by atoms with Gasteiger partial charge in [0.2, 0.25) is 65.0 Å². The van der Waals surface area contributed by atoms with Gasteiger partial charge in [-0.1, -0.05) is 135 Å². The quantitative estimate of drug-likeness (QED) is 0.0808. The fourth-order valence-electron chi connectivity index (χ4n) is 10.6. The first kappa shape index (κ1) is 71.3. The summed E-state index contributed by atoms with van der Waals surface area (Å²) in [4.78, 5) is 160. The van der Waals surface area contributed by atoms with Crippen molar-refractivity contribution in [3.05, 3.63) is 102 Å². The molecule has 5 rings (SSSR count). The number of rotatable bonds is 18. The fraction of sp³-hybridized carbons (Fsp3) is 0.547. The monoisotopic (exact) mass is 1240 g/mol. The Bertz CT molecular complexity index is 2910. The number of fused-ring (bicyclic) bond motifs is 1. The minimum absolute atomic E-state index is 0.0339. The highest BCUT2D eigenvalue weighted by molar-refractivity contribution is 6.00. The molecule has 11 amide bonds. The minimum Gasteiger partial charge on any atom is -0.508 e. The Balaban J connectivity index is 1.65. The molecular weight excluding hydrogens is 1140 g/mol. The second kappa shape index (κ2) is 34.3. The minimum atomic E-state index is -1.58. The van der Waals surface area contributed by atoms with Gasteiger partial charge in [0.05, 0.1) is 6.10 Å². The van der Waals surface area contributed by atoms with Crippen LogP contribution in [0.15, 0.2) is 84.9 Å². The van der Waals surface area contributed by atoms with Crippen LogP contribution in [0.5, 0.6) is 5.75 Å². The molecule has 0 bridgehead atoms. The van der Waals surface area contributed by atoms with Gasteiger partial charge in [-0.25, -0.2) is 0 Å². The van der Waals surface area contributed by atoms with Crippen LogP contribution in [0.3, 0.4) is 0 Å². The van der Waals surface area contributed by atoms with E-state index in [1.165, 1.54) is 24.3 Å². The highest BCUT2D eigenvalue weighted by Crippen LogP contribution is 2.23. The largest absolute Gasteiger partial charge is 0.508 e. The first-order valence-corrected chi connectivity index (χ1v) is 30.8. The average molecular weight is 1240 g/mol. The van der Waals surface area contributed by atoms with E-state index >= 15 is 0 Å². The van der Waals surface area contributed by atoms with Crippen molar-refractivity contribution in [2.24, 2.45) is 35.1 Å². The molecule has 12 atom stereocenters. The van der Waals surface area contributed by atoms with E-state index in [2.05, 4.69) is 47.9 Å². The number of hydrogen-bond donors (Lipinski definition) is 13. The summed E-state index contributed by atoms with van der Waals surface area (Å²) in [6.07, 6.45) is -2.17. The number of amides is 11. The predicted octanol–water partition coefficient (Wildman–Crippen LogP) is 0.167. The molecule has 25 nitrogen and oxygen atoms in total. The van der Waals surface area contributed by atoms with Crippen LogP contribution in [0.1, 0.15) is 117 Å². The maximum Gasteiger partial charge on any atom is 0.246 e. The summed E-state index contributed by atoms with van der Waals surface area (Å²) >= 11 is 0. The molecule has 15 N–H and O–H groups in total. The molecule has 0 radical (unpaired) electrons. The van der Waals surface area contributed by atoms with Crippen molar-refractivity contribution in [1.29, 1.82) is 0 Å². The van der Waals surface area contributed by atoms with E-state index < -0.39 is 156 Å². The molecule has 2 heterocycles. The summed E-state index contributed by atoms with van der Waals surface area (Å²) in [5, 5.41) is 46.0. The first-order valence-electron chi connectivity index (χ1n) is 30.8. The number of benzene rings is 3. The Hall–Kier alpha value is -8.45. The maximum absolute atomic E-state index is 14.9. The van der Waals surface area contributed by atoms with Gasteiger partial charge in [0.1, 0.15) is 66.2 Å². The number of aromatic hydroxyl groups is 1. The smallest absolute Gasteiger partial charge is 0.246 e. The van der Waals surface area contributed by atoms with Crippen molar-refractivity contribution >= 4 is 65.0 Å². The molecule has 3 aromatic carbocycles. The number of hydrogen-bond acceptors (Lipinski definition) is 14. The molecule has 0 saturated carbocycles. The van der Waals surface area contributed by atoms with Gasteiger partial charge in [0.25, 0.3) is 0 Å². The Kier molecular flexibility index (Phi) is 27.5. The van der Waals surface area contributed by atoms with Gasteiger partial charge < -0.3 is 74.4 Å². The van der Waals surface area contributed by atoms with Crippen molar-refractivity contribution in [2.75, 3.05) is 13.1 Å². The Labute approximate surface area is 520 Å². The van der Waals surface area contributed by atoms with E-state index in [-0.39, 0.29) is 76.1 Å². The molecule has 0 unspecified atom stereocenters. The molecule has 2 aliphatic rings. The van der Waals surface area contributed by atoms with Gasteiger partial charge in [-0.05, 0) is 84.7 Å². The fourth-order valence-corrected chi connectivity index (χ4v) is 10.6. The third-order valence-electron chi connectivity index (χ3n) is 16.0. The third-order valence-corrected chi connectivity index (χ3v) is 16.0. The van der Waals surface area contributed by atoms with Crippen LogP contribution in [-0.4, -0.2) is 160 Å². The lowest BCUT2D eigenvalue weighted by atomic mass is 9.96. The van der Waals surface area contributed by atoms with Gasteiger partial charge in [-0.3, -0.25) is 52.7 Å². The lowest BCUT2D eigenvalue weighted by Crippen LogP contribution is -2.63. The first-order chi connectivity index (χ1) is 42.2. The predicted molar refractivity (Wildman–Crippen MR) is 331 cm³/mol. The second-order valence-corrected chi connectivity index (χ2v) is 24.4. The molecule has 3 aromatic rings. The van der Waals surface area contributed by atoms with Gasteiger partial charge in [0, 0.05) is 38.6 Å². The standard InChI is InChI=1S/C64H92N12O13/c1-9-38(8)54-63(88)68-45(26-27-51(66)79)55(80)69-49(32-41-22-24-42(77)25-23-41)60(85)74-53(37(6)7)64(89)76-34-43(78)33-50(76)61(86)71-46(29-35(2)3)57(82)70-48(31-40-19-14-11-15-20-40)59(84)73-52(36(4)5)62(87)72-47(30-39-17-12-10-13-18-39)58(83)67-44(21-16-28-65)56(81)75-54/h10-15,17-20,22-25,35-38,43-50,52-54,77-78H,9,16,21,26-34,65H2,1-8H3,(H2,66,79)(H,67,83)(H,68,88)(H,69,80)(H,70,82)(H,71,86)(H,72,87)(H,73,84)(H,74,85)(H,75,81)/t38-,43+,44-,45+,46-,47-,48+,49-,50-,52-,53-,54-/m0/s1. The van der Waals surface area contributed by atoms with Gasteiger partial charge in [0.15, 0.2) is 0 Å². The number of aliphatic hydroxyl groups excluding tert-OH is 1. The summed E-state index contributed by atoms with van der Waals surface area (Å²) in [7, 11) is 0. The maximum atomic E-state index is 14.9. The van der Waals surface area contributed by atoms with Gasteiger partial charge >= 0.3 is 0 Å². The van der Waals surface area contributed by atoms with Crippen LogP contribution in [0.2, 0.25) is 0 Å². The van der Waals surface area contributed by atoms with E-state index in [0.29, 0.717) is 23.1 Å². The topological polar surface area (TPSA) is 392 Å². The molecule has 0 spiro atoms. The molecular formula is C64H92N12O13. The van der Waals surface area contributed by atoms with Crippen LogP contribution in [0, 0.1) is 23.7 Å². The van der Waals surface area contributed by atoms with Crippen LogP contribution < -0.4 is 59.3 Å². The number of nitrogens with two attached hydrogens (primary N) is 2. The lowest BCUT2D eigenvalue weighted by molar-refractivity contribution is -0.143. The number of carbonyl (C=O) groups excluding carboxylic acids is 11. The third kappa shape index (κ3) is 21.7. The molecule has 486 valence electrons. The zero-order chi connectivity index (χ0) is 65.6. The van der Waals surface area contributed by atoms with Crippen LogP contribution in [0.25, 0.3) is 0 Å². The second-order valence-electron chi connectivity index (χ2n) is 24.4. The molecule has 0 aliphatic carbocycles. The number of aliphatic hydroxyl groups is 1. The number of phenolic OH excluding ortho intramolecular Hbond substituents is 1. The van der Waals surface area contributed by atoms with Crippen molar-refractivity contribution in [2.45, 2.75) is 186 Å². The normalized spacial score (nSPS) is 25.7. The highest BCUT2D eigenvalue weighted by Gasteiger charge is 2.45. The van der Waals surface area contributed by atoms with Crippen molar-refractivity contribution in [3.8, 4) is 5.75 Å². The SMILES string of the molecule is CC[C@H](C)[C@@H]1NC(=O)[C@H](CCCN)NC(=O)[C@H](Cc2ccccc2)NC(=O)[C@H](C(C)C)NC(=O)[C@@H](Cc2ccccc2)NC(=O)[C@H](CC(C)C)NC(=O)[C@@H]2C[C@@H](O)CN2C(=O)[C@H](C(C)C)NC(=O)[C@H](Cc2ccc(O)cc2)NC(=O)[C@@H](CCC(N)=O)NC1=O. The van der Waals surface area contributed by atoms with E-state index in [0.717, 1.165) is 4.90 Å². The number of nitrogens with zero attached hydrogens (tertiary/aromatic N) is 1. The number of carbonyl (C=O) groups is 11. The summed E-state index contributed by atoms with van der Waals surface area (Å²) in [6.45, 7) is 13.4. The van der Waals surface area contributed by atoms with Crippen molar-refractivity contribution in [1.82, 2.24) is 52.8 Å². The number of phenols is 1. The van der Waals surface area contributed by atoms with Gasteiger partial charge in [-0.15, -0.1) is 0 Å².